The highest BCUT2D eigenvalue weighted by Gasteiger charge is 2.52. The quantitative estimate of drug-likeness (QED) is 0.271. The lowest BCUT2D eigenvalue weighted by Gasteiger charge is -2.45. The molecule has 1 saturated heterocycles. The van der Waals surface area contributed by atoms with Crippen LogP contribution in [0.4, 0.5) is 0 Å². The number of ether oxygens (including phenoxy) is 2. The van der Waals surface area contributed by atoms with Crippen LogP contribution < -0.4 is 10.4 Å². The zero-order valence-electron chi connectivity index (χ0n) is 20.3. The van der Waals surface area contributed by atoms with Crippen LogP contribution >= 0.6 is 0 Å². The Morgan fingerprint density at radius 3 is 1.97 bits per heavy atom. The smallest absolute Gasteiger partial charge is 0.261 e. The number of hydrogen-bond donors (Lipinski definition) is 3. The number of rotatable bonds is 10. The summed E-state index contributed by atoms with van der Waals surface area (Å²) in [5.74, 6) is 0. The Hall–Kier alpha value is -1.84. The van der Waals surface area contributed by atoms with Crippen LogP contribution in [-0.4, -0.2) is 67.6 Å². The van der Waals surface area contributed by atoms with E-state index in [9.17, 15) is 15.3 Å². The minimum absolute atomic E-state index is 0.0464. The topological polar surface area (TPSA) is 88.4 Å². The molecule has 1 fully saturated rings. The molecule has 6 nitrogen and oxygen atoms in total. The molecule has 0 radical (unpaired) electrons. The predicted octanol–water partition coefficient (Wildman–Crippen LogP) is 2.35. The number of aliphatic hydroxyl groups is 3. The molecule has 2 aromatic carbocycles. The van der Waals surface area contributed by atoms with Crippen LogP contribution in [0.5, 0.6) is 0 Å². The molecule has 186 valence electrons. The van der Waals surface area contributed by atoms with Crippen molar-refractivity contribution in [1.29, 1.82) is 0 Å². The van der Waals surface area contributed by atoms with E-state index in [1.54, 1.807) is 6.08 Å². The highest BCUT2D eigenvalue weighted by Crippen LogP contribution is 2.37. The summed E-state index contributed by atoms with van der Waals surface area (Å²) in [6.07, 6.45) is -2.66. The SMILES string of the molecule is C=CCCCOC1O[C@H](CO[Si](c2ccccc2)(c2ccccc2)C(C)(C)C)[C@@H](O)[C@H](O)[C@@H]1O. The van der Waals surface area contributed by atoms with Crippen molar-refractivity contribution in [3.63, 3.8) is 0 Å². The first-order valence-electron chi connectivity index (χ1n) is 11.9. The second-order valence-electron chi connectivity index (χ2n) is 9.79. The summed E-state index contributed by atoms with van der Waals surface area (Å²) in [6, 6.07) is 20.4. The fourth-order valence-electron chi connectivity index (χ4n) is 4.59. The summed E-state index contributed by atoms with van der Waals surface area (Å²) in [5, 5.41) is 33.6. The van der Waals surface area contributed by atoms with Crippen molar-refractivity contribution < 1.29 is 29.2 Å². The number of hydrogen-bond acceptors (Lipinski definition) is 6. The van der Waals surface area contributed by atoms with Crippen molar-refractivity contribution >= 4 is 18.7 Å². The number of unbranched alkanes of at least 4 members (excludes halogenated alkanes) is 1. The molecule has 3 N–H and O–H groups in total. The second kappa shape index (κ2) is 11.7. The number of aliphatic hydroxyl groups excluding tert-OH is 3. The van der Waals surface area contributed by atoms with E-state index in [4.69, 9.17) is 13.9 Å². The van der Waals surface area contributed by atoms with Crippen molar-refractivity contribution in [2.75, 3.05) is 13.2 Å². The van der Waals surface area contributed by atoms with Gasteiger partial charge in [0.05, 0.1) is 13.2 Å². The lowest BCUT2D eigenvalue weighted by Crippen LogP contribution is -2.68. The van der Waals surface area contributed by atoms with Crippen LogP contribution in [0.15, 0.2) is 73.3 Å². The van der Waals surface area contributed by atoms with Gasteiger partial charge in [-0.1, -0.05) is 87.5 Å². The first-order chi connectivity index (χ1) is 16.2. The van der Waals surface area contributed by atoms with Crippen molar-refractivity contribution in [2.24, 2.45) is 0 Å². The Bertz CT molecular complexity index is 845. The van der Waals surface area contributed by atoms with E-state index in [2.05, 4.69) is 51.6 Å². The third-order valence-corrected chi connectivity index (χ3v) is 11.4. The van der Waals surface area contributed by atoms with Gasteiger partial charge in [-0.25, -0.2) is 0 Å². The highest BCUT2D eigenvalue weighted by molar-refractivity contribution is 6.99. The monoisotopic (exact) mass is 486 g/mol. The zero-order valence-corrected chi connectivity index (χ0v) is 21.3. The van der Waals surface area contributed by atoms with Gasteiger partial charge in [-0.3, -0.25) is 0 Å². The second-order valence-corrected chi connectivity index (χ2v) is 14.1. The summed E-state index contributed by atoms with van der Waals surface area (Å²) < 4.78 is 18.5. The molecule has 5 atom stereocenters. The standard InChI is InChI=1S/C27H38O6Si/c1-5-6-13-18-31-26-25(30)24(29)23(28)22(33-26)19-32-34(27(2,3)4,20-14-9-7-10-15-20)21-16-11-8-12-17-21/h5,7-12,14-17,22-26,28-30H,1,6,13,18-19H2,2-4H3/t22-,23-,24+,25+,26?/m1/s1. The third kappa shape index (κ3) is 5.68. The largest absolute Gasteiger partial charge is 0.405 e. The molecule has 1 aliphatic heterocycles. The molecule has 0 spiro atoms. The average molecular weight is 487 g/mol. The maximum atomic E-state index is 10.7. The Balaban J connectivity index is 1.89. The maximum absolute atomic E-state index is 10.7. The Morgan fingerprint density at radius 2 is 1.47 bits per heavy atom. The molecule has 0 aliphatic carbocycles. The van der Waals surface area contributed by atoms with Gasteiger partial charge in [-0.15, -0.1) is 6.58 Å². The van der Waals surface area contributed by atoms with Gasteiger partial charge < -0.3 is 29.2 Å². The molecule has 0 amide bonds. The number of allylic oxidation sites excluding steroid dienone is 1. The van der Waals surface area contributed by atoms with E-state index in [0.717, 1.165) is 23.2 Å². The van der Waals surface area contributed by atoms with E-state index >= 15 is 0 Å². The van der Waals surface area contributed by atoms with Crippen molar-refractivity contribution in [3.8, 4) is 0 Å². The molecule has 0 bridgehead atoms. The van der Waals surface area contributed by atoms with Crippen LogP contribution in [0.2, 0.25) is 5.04 Å². The molecule has 0 aromatic heterocycles. The Labute approximate surface area is 203 Å². The minimum atomic E-state index is -2.85. The summed E-state index contributed by atoms with van der Waals surface area (Å²) >= 11 is 0. The van der Waals surface area contributed by atoms with Gasteiger partial charge in [0, 0.05) is 0 Å². The van der Waals surface area contributed by atoms with Gasteiger partial charge in [0.1, 0.15) is 24.4 Å². The fraction of sp³-hybridized carbons (Fsp3) is 0.481. The molecule has 34 heavy (non-hydrogen) atoms. The van der Waals surface area contributed by atoms with E-state index in [1.165, 1.54) is 0 Å². The van der Waals surface area contributed by atoms with Crippen LogP contribution in [0.1, 0.15) is 33.6 Å². The van der Waals surface area contributed by atoms with Gasteiger partial charge in [0.2, 0.25) is 0 Å². The maximum Gasteiger partial charge on any atom is 0.261 e. The van der Waals surface area contributed by atoms with Gasteiger partial charge in [0.15, 0.2) is 6.29 Å². The minimum Gasteiger partial charge on any atom is -0.405 e. The summed E-state index contributed by atoms with van der Waals surface area (Å²) in [4.78, 5) is 0. The highest BCUT2D eigenvalue weighted by atomic mass is 28.4. The van der Waals surface area contributed by atoms with Gasteiger partial charge in [-0.05, 0) is 28.3 Å². The molecular weight excluding hydrogens is 448 g/mol. The fourth-order valence-corrected chi connectivity index (χ4v) is 9.16. The first-order valence-corrected chi connectivity index (χ1v) is 13.8. The average Bonchev–Trinajstić information content (AvgIpc) is 2.83. The molecular formula is C27H38O6Si. The first kappa shape index (κ1) is 26.8. The molecule has 7 heteroatoms. The lowest BCUT2D eigenvalue weighted by atomic mass is 9.99. The van der Waals surface area contributed by atoms with Crippen LogP contribution in [0.3, 0.4) is 0 Å². The van der Waals surface area contributed by atoms with Crippen molar-refractivity contribution in [2.45, 2.75) is 69.4 Å². The van der Waals surface area contributed by atoms with Crippen molar-refractivity contribution in [1.82, 2.24) is 0 Å². The normalized spacial score (nSPS) is 25.8. The molecule has 0 saturated carbocycles. The lowest BCUT2D eigenvalue weighted by molar-refractivity contribution is -0.300. The van der Waals surface area contributed by atoms with Crippen LogP contribution in [0, 0.1) is 0 Å². The van der Waals surface area contributed by atoms with E-state index in [0.29, 0.717) is 6.61 Å². The zero-order chi connectivity index (χ0) is 24.8. The summed E-state index contributed by atoms with van der Waals surface area (Å²) in [6.45, 7) is 10.6. The van der Waals surface area contributed by atoms with Gasteiger partial charge in [0.25, 0.3) is 8.32 Å². The van der Waals surface area contributed by atoms with Gasteiger partial charge >= 0.3 is 0 Å². The van der Waals surface area contributed by atoms with E-state index in [1.807, 2.05) is 36.4 Å². The van der Waals surface area contributed by atoms with Crippen LogP contribution in [0.25, 0.3) is 0 Å². The molecule has 1 unspecified atom stereocenters. The summed E-state index contributed by atoms with van der Waals surface area (Å²) in [7, 11) is -2.85. The summed E-state index contributed by atoms with van der Waals surface area (Å²) in [5.41, 5.74) is 0. The molecule has 3 rings (SSSR count). The van der Waals surface area contributed by atoms with Crippen molar-refractivity contribution in [3.05, 3.63) is 73.3 Å². The van der Waals surface area contributed by atoms with E-state index in [-0.39, 0.29) is 11.6 Å². The molecule has 1 aliphatic rings. The Morgan fingerprint density at radius 1 is 0.912 bits per heavy atom. The Kier molecular flexibility index (Phi) is 9.23. The molecule has 2 aromatic rings. The third-order valence-electron chi connectivity index (χ3n) is 6.38. The van der Waals surface area contributed by atoms with Gasteiger partial charge in [-0.2, -0.15) is 0 Å². The molecule has 1 heterocycles. The predicted molar refractivity (Wildman–Crippen MR) is 136 cm³/mol. The van der Waals surface area contributed by atoms with E-state index < -0.39 is 39.0 Å². The number of benzene rings is 2. The van der Waals surface area contributed by atoms with Crippen LogP contribution in [-0.2, 0) is 13.9 Å².